The summed E-state index contributed by atoms with van der Waals surface area (Å²) < 4.78 is 3.63. The third-order valence-electron chi connectivity index (χ3n) is 3.96. The molecular formula is C13H22N2S2. The number of aryl methyl sites for hydroxylation is 1. The third-order valence-corrected chi connectivity index (χ3v) is 5.70. The highest BCUT2D eigenvalue weighted by Crippen LogP contribution is 2.40. The molecule has 4 heteroatoms. The van der Waals surface area contributed by atoms with Gasteiger partial charge in [-0.2, -0.15) is 11.8 Å². The molecule has 0 atom stereocenters. The molecule has 0 unspecified atom stereocenters. The molecule has 1 aliphatic carbocycles. The van der Waals surface area contributed by atoms with Crippen LogP contribution in [0.3, 0.4) is 0 Å². The molecule has 1 saturated carbocycles. The van der Waals surface area contributed by atoms with Crippen molar-refractivity contribution in [1.29, 1.82) is 0 Å². The first kappa shape index (κ1) is 13.2. The van der Waals surface area contributed by atoms with Crippen LogP contribution >= 0.6 is 24.0 Å². The van der Waals surface area contributed by atoms with E-state index in [0.717, 1.165) is 17.7 Å². The predicted octanol–water partition coefficient (Wildman–Crippen LogP) is 4.17. The Kier molecular flexibility index (Phi) is 4.36. The number of rotatable bonds is 4. The van der Waals surface area contributed by atoms with Crippen LogP contribution in [-0.4, -0.2) is 20.6 Å². The molecule has 1 fully saturated rings. The van der Waals surface area contributed by atoms with Gasteiger partial charge in [0.2, 0.25) is 0 Å². The van der Waals surface area contributed by atoms with E-state index in [1.54, 1.807) is 0 Å². The molecule has 1 aliphatic rings. The Labute approximate surface area is 113 Å². The summed E-state index contributed by atoms with van der Waals surface area (Å²) in [6, 6.07) is 0. The molecule has 2 nitrogen and oxygen atoms in total. The molecule has 0 bridgehead atoms. The average Bonchev–Trinajstić information content (AvgIpc) is 2.72. The van der Waals surface area contributed by atoms with Crippen LogP contribution < -0.4 is 0 Å². The Bertz CT molecular complexity index is 413. The molecule has 1 aromatic heterocycles. The highest BCUT2D eigenvalue weighted by atomic mass is 32.2. The van der Waals surface area contributed by atoms with Gasteiger partial charge in [-0.25, -0.2) is 0 Å². The maximum atomic E-state index is 5.40. The summed E-state index contributed by atoms with van der Waals surface area (Å²) in [4.78, 5) is 3.19. The van der Waals surface area contributed by atoms with E-state index in [1.165, 1.54) is 37.8 Å². The second-order valence-electron chi connectivity index (χ2n) is 4.97. The number of nitrogens with one attached hydrogen (secondary N) is 1. The standard InChI is InChI=1S/C13H22N2S2/c1-3-11-9-14-12(16)15(11)10-13(17-2)7-5-4-6-8-13/h9H,3-8,10H2,1-2H3,(H,14,16). The molecule has 2 rings (SSSR count). The van der Waals surface area contributed by atoms with E-state index >= 15 is 0 Å². The molecule has 0 amide bonds. The summed E-state index contributed by atoms with van der Waals surface area (Å²) in [5.41, 5.74) is 1.34. The van der Waals surface area contributed by atoms with Crippen molar-refractivity contribution in [3.8, 4) is 0 Å². The largest absolute Gasteiger partial charge is 0.337 e. The van der Waals surface area contributed by atoms with Crippen LogP contribution in [0.15, 0.2) is 6.20 Å². The maximum absolute atomic E-state index is 5.40. The first-order valence-corrected chi connectivity index (χ1v) is 8.16. The zero-order chi connectivity index (χ0) is 12.3. The van der Waals surface area contributed by atoms with Crippen molar-refractivity contribution in [1.82, 2.24) is 9.55 Å². The minimum atomic E-state index is 0.419. The lowest BCUT2D eigenvalue weighted by molar-refractivity contribution is 0.354. The van der Waals surface area contributed by atoms with Crippen molar-refractivity contribution in [3.05, 3.63) is 16.7 Å². The van der Waals surface area contributed by atoms with Crippen molar-refractivity contribution >= 4 is 24.0 Å². The van der Waals surface area contributed by atoms with Crippen LogP contribution in [-0.2, 0) is 13.0 Å². The summed E-state index contributed by atoms with van der Waals surface area (Å²) in [6.07, 6.45) is 12.2. The van der Waals surface area contributed by atoms with Crippen LogP contribution in [0.25, 0.3) is 0 Å². The summed E-state index contributed by atoms with van der Waals surface area (Å²) in [7, 11) is 0. The van der Waals surface area contributed by atoms with Crippen molar-refractivity contribution in [2.24, 2.45) is 0 Å². The molecule has 0 saturated heterocycles. The fourth-order valence-corrected chi connectivity index (χ4v) is 4.00. The lowest BCUT2D eigenvalue weighted by atomic mass is 9.88. The summed E-state index contributed by atoms with van der Waals surface area (Å²) >= 11 is 7.44. The van der Waals surface area contributed by atoms with Crippen molar-refractivity contribution < 1.29 is 0 Å². The van der Waals surface area contributed by atoms with Gasteiger partial charge < -0.3 is 9.55 Å². The minimum Gasteiger partial charge on any atom is -0.337 e. The Morgan fingerprint density at radius 2 is 2.12 bits per heavy atom. The molecule has 1 heterocycles. The molecule has 96 valence electrons. The summed E-state index contributed by atoms with van der Waals surface area (Å²) in [5, 5.41) is 0. The van der Waals surface area contributed by atoms with E-state index in [9.17, 15) is 0 Å². The molecule has 1 aromatic rings. The number of imidazole rings is 1. The Morgan fingerprint density at radius 1 is 1.41 bits per heavy atom. The number of hydrogen-bond acceptors (Lipinski definition) is 2. The third kappa shape index (κ3) is 2.79. The number of hydrogen-bond donors (Lipinski definition) is 1. The lowest BCUT2D eigenvalue weighted by Gasteiger charge is -2.36. The number of aromatic amines is 1. The number of nitrogens with zero attached hydrogens (tertiary/aromatic N) is 1. The normalized spacial score (nSPS) is 19.4. The highest BCUT2D eigenvalue weighted by Gasteiger charge is 2.32. The SMILES string of the molecule is CCc1c[nH]c(=S)n1CC1(SC)CCCCC1. The molecule has 1 N–H and O–H groups in total. The number of thioether (sulfide) groups is 1. The smallest absolute Gasteiger partial charge is 0.177 e. The molecule has 0 spiro atoms. The first-order chi connectivity index (χ1) is 8.21. The Morgan fingerprint density at radius 3 is 2.71 bits per heavy atom. The maximum Gasteiger partial charge on any atom is 0.177 e. The summed E-state index contributed by atoms with van der Waals surface area (Å²) in [5.74, 6) is 0. The van der Waals surface area contributed by atoms with E-state index in [-0.39, 0.29) is 0 Å². The highest BCUT2D eigenvalue weighted by molar-refractivity contribution is 8.00. The molecular weight excluding hydrogens is 248 g/mol. The van der Waals surface area contributed by atoms with E-state index in [1.807, 2.05) is 11.8 Å². The van der Waals surface area contributed by atoms with Gasteiger partial charge in [0.15, 0.2) is 4.77 Å². The van der Waals surface area contributed by atoms with Gasteiger partial charge >= 0.3 is 0 Å². The Balaban J connectivity index is 2.22. The fourth-order valence-electron chi connectivity index (χ4n) is 2.81. The summed E-state index contributed by atoms with van der Waals surface area (Å²) in [6.45, 7) is 3.28. The quantitative estimate of drug-likeness (QED) is 0.829. The van der Waals surface area contributed by atoms with Crippen molar-refractivity contribution in [2.75, 3.05) is 6.26 Å². The lowest BCUT2D eigenvalue weighted by Crippen LogP contribution is -2.33. The topological polar surface area (TPSA) is 20.7 Å². The first-order valence-electron chi connectivity index (χ1n) is 6.53. The van der Waals surface area contributed by atoms with Gasteiger partial charge in [0, 0.05) is 23.2 Å². The monoisotopic (exact) mass is 270 g/mol. The van der Waals surface area contributed by atoms with Crippen LogP contribution in [0.5, 0.6) is 0 Å². The van der Waals surface area contributed by atoms with E-state index < -0.39 is 0 Å². The minimum absolute atomic E-state index is 0.419. The van der Waals surface area contributed by atoms with Crippen LogP contribution in [0.4, 0.5) is 0 Å². The fraction of sp³-hybridized carbons (Fsp3) is 0.769. The van der Waals surface area contributed by atoms with Crippen LogP contribution in [0.2, 0.25) is 0 Å². The van der Waals surface area contributed by atoms with E-state index in [4.69, 9.17) is 12.2 Å². The van der Waals surface area contributed by atoms with Gasteiger partial charge in [-0.15, -0.1) is 0 Å². The molecule has 0 radical (unpaired) electrons. The van der Waals surface area contributed by atoms with Gasteiger partial charge in [0.25, 0.3) is 0 Å². The van der Waals surface area contributed by atoms with Crippen LogP contribution in [0.1, 0.15) is 44.7 Å². The van der Waals surface area contributed by atoms with E-state index in [2.05, 4.69) is 28.9 Å². The van der Waals surface area contributed by atoms with Gasteiger partial charge in [-0.3, -0.25) is 0 Å². The zero-order valence-electron chi connectivity index (χ0n) is 10.8. The van der Waals surface area contributed by atoms with E-state index in [0.29, 0.717) is 4.75 Å². The van der Waals surface area contributed by atoms with Gasteiger partial charge in [0.05, 0.1) is 0 Å². The van der Waals surface area contributed by atoms with Crippen LogP contribution in [0, 0.1) is 4.77 Å². The van der Waals surface area contributed by atoms with Crippen molar-refractivity contribution in [2.45, 2.75) is 56.7 Å². The van der Waals surface area contributed by atoms with Crippen molar-refractivity contribution in [3.63, 3.8) is 0 Å². The van der Waals surface area contributed by atoms with Gasteiger partial charge in [-0.05, 0) is 37.7 Å². The predicted molar refractivity (Wildman–Crippen MR) is 78.3 cm³/mol. The van der Waals surface area contributed by atoms with Gasteiger partial charge in [0.1, 0.15) is 0 Å². The molecule has 0 aromatic carbocycles. The second kappa shape index (κ2) is 5.61. The Hall–Kier alpha value is -0.220. The van der Waals surface area contributed by atoms with Gasteiger partial charge in [-0.1, -0.05) is 26.2 Å². The number of H-pyrrole nitrogens is 1. The average molecular weight is 270 g/mol. The second-order valence-corrected chi connectivity index (χ2v) is 6.63. The zero-order valence-corrected chi connectivity index (χ0v) is 12.4. The molecule has 0 aliphatic heterocycles. The number of aromatic nitrogens is 2. The molecule has 17 heavy (non-hydrogen) atoms.